The summed E-state index contributed by atoms with van der Waals surface area (Å²) in [6.07, 6.45) is 0.386. The van der Waals surface area contributed by atoms with Crippen molar-refractivity contribution >= 4 is 16.7 Å². The van der Waals surface area contributed by atoms with E-state index in [0.717, 1.165) is 22.1 Å². The topological polar surface area (TPSA) is 61.5 Å². The van der Waals surface area contributed by atoms with Crippen molar-refractivity contribution in [3.05, 3.63) is 42.0 Å². The second-order valence-electron chi connectivity index (χ2n) is 4.30. The lowest BCUT2D eigenvalue weighted by Gasteiger charge is -2.15. The fourth-order valence-corrected chi connectivity index (χ4v) is 2.17. The first kappa shape index (κ1) is 13.4. The molecule has 0 aromatic heterocycles. The number of hydrogen-bond acceptors (Lipinski definition) is 4. The number of carbonyl (C=O) groups is 1. The minimum atomic E-state index is -0.690. The standard InChI is InChI=1S/C15H17NO3/c1-18-14-8-7-10-5-3-4-6-11(10)12(14)9-13(16)15(17)19-2/h3-8,13H,9,16H2,1-2H3/t13-/m0/s1. The summed E-state index contributed by atoms with van der Waals surface area (Å²) < 4.78 is 10.0. The van der Waals surface area contributed by atoms with Crippen molar-refractivity contribution in [2.75, 3.05) is 14.2 Å². The first-order valence-electron chi connectivity index (χ1n) is 6.05. The normalized spacial score (nSPS) is 12.2. The molecule has 0 amide bonds. The summed E-state index contributed by atoms with van der Waals surface area (Å²) >= 11 is 0. The number of benzene rings is 2. The summed E-state index contributed by atoms with van der Waals surface area (Å²) in [4.78, 5) is 11.5. The molecule has 4 nitrogen and oxygen atoms in total. The Morgan fingerprint density at radius 1 is 1.21 bits per heavy atom. The predicted octanol–water partition coefficient (Wildman–Crippen LogP) is 1.89. The third-order valence-electron chi connectivity index (χ3n) is 3.15. The number of nitrogens with two attached hydrogens (primary N) is 1. The zero-order valence-electron chi connectivity index (χ0n) is 11.1. The van der Waals surface area contributed by atoms with Gasteiger partial charge in [0.1, 0.15) is 11.8 Å². The maximum Gasteiger partial charge on any atom is 0.322 e. The molecular formula is C15H17NO3. The van der Waals surface area contributed by atoms with Crippen LogP contribution in [0.15, 0.2) is 36.4 Å². The van der Waals surface area contributed by atoms with Crippen molar-refractivity contribution in [3.63, 3.8) is 0 Å². The number of fused-ring (bicyclic) bond motifs is 1. The van der Waals surface area contributed by atoms with Gasteiger partial charge in [-0.1, -0.05) is 30.3 Å². The molecule has 0 aliphatic heterocycles. The lowest BCUT2D eigenvalue weighted by molar-refractivity contribution is -0.142. The van der Waals surface area contributed by atoms with E-state index in [0.29, 0.717) is 6.42 Å². The molecule has 4 heteroatoms. The minimum absolute atomic E-state index is 0.386. The number of ether oxygens (including phenoxy) is 2. The van der Waals surface area contributed by atoms with Crippen LogP contribution in [0.2, 0.25) is 0 Å². The molecule has 2 N–H and O–H groups in total. The van der Waals surface area contributed by atoms with Gasteiger partial charge in [-0.05, 0) is 16.8 Å². The Labute approximate surface area is 112 Å². The number of rotatable bonds is 4. The highest BCUT2D eigenvalue weighted by Crippen LogP contribution is 2.28. The van der Waals surface area contributed by atoms with Crippen LogP contribution in [-0.2, 0) is 16.0 Å². The zero-order valence-corrected chi connectivity index (χ0v) is 11.1. The Morgan fingerprint density at radius 3 is 2.63 bits per heavy atom. The molecule has 2 rings (SSSR count). The highest BCUT2D eigenvalue weighted by atomic mass is 16.5. The lowest BCUT2D eigenvalue weighted by Crippen LogP contribution is -2.33. The third-order valence-corrected chi connectivity index (χ3v) is 3.15. The van der Waals surface area contributed by atoms with E-state index in [1.54, 1.807) is 7.11 Å². The largest absolute Gasteiger partial charge is 0.496 e. The monoisotopic (exact) mass is 259 g/mol. The Hall–Kier alpha value is -2.07. The summed E-state index contributed by atoms with van der Waals surface area (Å²) in [5.41, 5.74) is 6.77. The minimum Gasteiger partial charge on any atom is -0.496 e. The van der Waals surface area contributed by atoms with Gasteiger partial charge in [-0.3, -0.25) is 4.79 Å². The molecule has 2 aromatic carbocycles. The molecule has 19 heavy (non-hydrogen) atoms. The van der Waals surface area contributed by atoms with E-state index < -0.39 is 12.0 Å². The van der Waals surface area contributed by atoms with E-state index in [1.807, 2.05) is 36.4 Å². The van der Waals surface area contributed by atoms with Crippen LogP contribution in [0.25, 0.3) is 10.8 Å². The highest BCUT2D eigenvalue weighted by molar-refractivity contribution is 5.88. The quantitative estimate of drug-likeness (QED) is 0.852. The van der Waals surface area contributed by atoms with Gasteiger partial charge in [-0.25, -0.2) is 0 Å². The number of hydrogen-bond donors (Lipinski definition) is 1. The zero-order chi connectivity index (χ0) is 13.8. The fraction of sp³-hybridized carbons (Fsp3) is 0.267. The maximum absolute atomic E-state index is 11.5. The van der Waals surface area contributed by atoms with Gasteiger partial charge in [0.25, 0.3) is 0 Å². The molecule has 0 aliphatic rings. The van der Waals surface area contributed by atoms with Crippen molar-refractivity contribution in [1.82, 2.24) is 0 Å². The van der Waals surface area contributed by atoms with Gasteiger partial charge in [0, 0.05) is 12.0 Å². The predicted molar refractivity (Wildman–Crippen MR) is 74.2 cm³/mol. The van der Waals surface area contributed by atoms with Gasteiger partial charge in [-0.2, -0.15) is 0 Å². The van der Waals surface area contributed by atoms with Crippen LogP contribution in [0, 0.1) is 0 Å². The van der Waals surface area contributed by atoms with Crippen LogP contribution in [0.3, 0.4) is 0 Å². The summed E-state index contributed by atoms with van der Waals surface area (Å²) in [6.45, 7) is 0. The molecule has 0 aliphatic carbocycles. The molecular weight excluding hydrogens is 242 g/mol. The van der Waals surface area contributed by atoms with Gasteiger partial charge >= 0.3 is 5.97 Å². The molecule has 0 fully saturated rings. The first-order chi connectivity index (χ1) is 9.17. The summed E-state index contributed by atoms with van der Waals surface area (Å²) in [5.74, 6) is 0.313. The fourth-order valence-electron chi connectivity index (χ4n) is 2.17. The van der Waals surface area contributed by atoms with Crippen LogP contribution in [0.4, 0.5) is 0 Å². The van der Waals surface area contributed by atoms with E-state index in [9.17, 15) is 4.79 Å². The average Bonchev–Trinajstić information content (AvgIpc) is 2.46. The van der Waals surface area contributed by atoms with Crippen LogP contribution in [0.5, 0.6) is 5.75 Å². The van der Waals surface area contributed by atoms with Gasteiger partial charge in [0.05, 0.1) is 14.2 Å². The first-order valence-corrected chi connectivity index (χ1v) is 6.05. The Kier molecular flexibility index (Phi) is 4.02. The number of esters is 1. The average molecular weight is 259 g/mol. The van der Waals surface area contributed by atoms with Crippen LogP contribution in [-0.4, -0.2) is 26.2 Å². The smallest absolute Gasteiger partial charge is 0.322 e. The SMILES string of the molecule is COC(=O)[C@@H](N)Cc1c(OC)ccc2ccccc12. The molecule has 0 saturated carbocycles. The van der Waals surface area contributed by atoms with Crippen LogP contribution < -0.4 is 10.5 Å². The van der Waals surface area contributed by atoms with Gasteiger partial charge in [0.15, 0.2) is 0 Å². The maximum atomic E-state index is 11.5. The highest BCUT2D eigenvalue weighted by Gasteiger charge is 2.18. The molecule has 0 radical (unpaired) electrons. The van der Waals surface area contributed by atoms with Crippen molar-refractivity contribution in [3.8, 4) is 5.75 Å². The Morgan fingerprint density at radius 2 is 1.95 bits per heavy atom. The third kappa shape index (κ3) is 2.69. The van der Waals surface area contributed by atoms with Gasteiger partial charge in [-0.15, -0.1) is 0 Å². The second kappa shape index (κ2) is 5.71. The van der Waals surface area contributed by atoms with Crippen molar-refractivity contribution in [1.29, 1.82) is 0 Å². The summed E-state index contributed by atoms with van der Waals surface area (Å²) in [6, 6.07) is 11.1. The number of carbonyl (C=O) groups excluding carboxylic acids is 1. The van der Waals surface area contributed by atoms with Crippen molar-refractivity contribution < 1.29 is 14.3 Å². The van der Waals surface area contributed by atoms with Crippen LogP contribution >= 0.6 is 0 Å². The van der Waals surface area contributed by atoms with Crippen molar-refractivity contribution in [2.45, 2.75) is 12.5 Å². The molecule has 0 saturated heterocycles. The summed E-state index contributed by atoms with van der Waals surface area (Å²) in [5, 5.41) is 2.14. The molecule has 0 unspecified atom stereocenters. The van der Waals surface area contributed by atoms with E-state index in [4.69, 9.17) is 10.5 Å². The van der Waals surface area contributed by atoms with Crippen LogP contribution in [0.1, 0.15) is 5.56 Å². The van der Waals surface area contributed by atoms with Crippen molar-refractivity contribution in [2.24, 2.45) is 5.73 Å². The Balaban J connectivity index is 2.47. The van der Waals surface area contributed by atoms with E-state index in [2.05, 4.69) is 4.74 Å². The number of methoxy groups -OCH3 is 2. The molecule has 0 heterocycles. The molecule has 0 spiro atoms. The van der Waals surface area contributed by atoms with E-state index in [-0.39, 0.29) is 0 Å². The summed E-state index contributed by atoms with van der Waals surface area (Å²) in [7, 11) is 2.94. The Bertz CT molecular complexity index is 595. The van der Waals surface area contributed by atoms with E-state index >= 15 is 0 Å². The molecule has 2 aromatic rings. The van der Waals surface area contributed by atoms with Gasteiger partial charge in [0.2, 0.25) is 0 Å². The van der Waals surface area contributed by atoms with Gasteiger partial charge < -0.3 is 15.2 Å². The second-order valence-corrected chi connectivity index (χ2v) is 4.30. The molecule has 0 bridgehead atoms. The van der Waals surface area contributed by atoms with E-state index in [1.165, 1.54) is 7.11 Å². The molecule has 1 atom stereocenters. The molecule has 100 valence electrons. The lowest BCUT2D eigenvalue weighted by atomic mass is 9.98.